The Morgan fingerprint density at radius 1 is 0.970 bits per heavy atom. The second-order valence-corrected chi connectivity index (χ2v) is 9.85. The highest BCUT2D eigenvalue weighted by Gasteiger charge is 2.15. The lowest BCUT2D eigenvalue weighted by atomic mass is 10.0. The number of nitrogens with zero attached hydrogens (tertiary/aromatic N) is 1. The lowest BCUT2D eigenvalue weighted by molar-refractivity contribution is -0.786. The molecule has 0 atom stereocenters. The highest BCUT2D eigenvalue weighted by molar-refractivity contribution is 7.85. The Hall–Kier alpha value is -2.84. The topological polar surface area (TPSA) is 83.8 Å². The van der Waals surface area contributed by atoms with Gasteiger partial charge in [0.1, 0.15) is 15.8 Å². The van der Waals surface area contributed by atoms with Crippen LogP contribution in [0.4, 0.5) is 5.69 Å². The molecule has 0 unspecified atom stereocenters. The molecule has 0 saturated carbocycles. The zero-order valence-corrected chi connectivity index (χ0v) is 20.4. The largest absolute Gasteiger partial charge is 0.744 e. The van der Waals surface area contributed by atoms with Crippen molar-refractivity contribution in [3.8, 4) is 0 Å². The summed E-state index contributed by atoms with van der Waals surface area (Å²) in [6.45, 7) is 6.55. The summed E-state index contributed by atoms with van der Waals surface area (Å²) in [6.07, 6.45) is 0.209. The van der Waals surface area contributed by atoms with E-state index in [1.165, 1.54) is 39.1 Å². The standard InChI is InChI=1S/C19H22N2O.C7H8O3S/c1-13(2)22-12-16-18(21(3)4)10-9-15-11-14-7-5-6-8-17(14)20-19(15)16;1-6-2-4-7(5-3-6)11(8,9)10/h5-11,13H,12H2,1-4H3;2-5H,1H3,(H,8,9,10). The molecule has 0 radical (unpaired) electrons. The van der Waals surface area contributed by atoms with Crippen molar-refractivity contribution in [2.24, 2.45) is 0 Å². The van der Waals surface area contributed by atoms with Gasteiger partial charge in [-0.3, -0.25) is 0 Å². The molecule has 33 heavy (non-hydrogen) atoms. The number of benzene rings is 3. The number of fused-ring (bicyclic) bond motifs is 2. The molecule has 1 aromatic heterocycles. The third-order valence-electron chi connectivity index (χ3n) is 5.20. The van der Waals surface area contributed by atoms with E-state index in [9.17, 15) is 13.0 Å². The van der Waals surface area contributed by atoms with E-state index in [2.05, 4.69) is 64.3 Å². The van der Waals surface area contributed by atoms with Crippen molar-refractivity contribution < 1.29 is 22.6 Å². The van der Waals surface area contributed by atoms with E-state index in [1.807, 2.05) is 13.0 Å². The van der Waals surface area contributed by atoms with E-state index < -0.39 is 10.1 Å². The Labute approximate surface area is 195 Å². The molecule has 0 spiro atoms. The molecule has 1 N–H and O–H groups in total. The Morgan fingerprint density at radius 3 is 2.24 bits per heavy atom. The van der Waals surface area contributed by atoms with Crippen LogP contribution < -0.4 is 4.90 Å². The van der Waals surface area contributed by atoms with Gasteiger partial charge in [0.2, 0.25) is 0 Å². The fourth-order valence-corrected chi connectivity index (χ4v) is 3.94. The first kappa shape index (κ1) is 24.8. The van der Waals surface area contributed by atoms with Crippen LogP contribution in [-0.2, 0) is 21.5 Å². The van der Waals surface area contributed by atoms with Gasteiger partial charge in [-0.05, 0) is 51.1 Å². The SMILES string of the molecule is CC(C)OCc1c([NH+](C)C)ccc2cc3ccccc3nc12.Cc1ccc(S(=O)(=O)[O-])cc1. The maximum absolute atomic E-state index is 10.4. The predicted molar refractivity (Wildman–Crippen MR) is 131 cm³/mol. The van der Waals surface area contributed by atoms with E-state index >= 15 is 0 Å². The average Bonchev–Trinajstić information content (AvgIpc) is 2.75. The quantitative estimate of drug-likeness (QED) is 0.355. The molecule has 0 saturated heterocycles. The fourth-order valence-electron chi connectivity index (χ4n) is 3.47. The van der Waals surface area contributed by atoms with Crippen molar-refractivity contribution >= 4 is 37.6 Å². The van der Waals surface area contributed by atoms with Gasteiger partial charge in [-0.15, -0.1) is 0 Å². The molecule has 1 heterocycles. The third-order valence-corrected chi connectivity index (χ3v) is 6.05. The first-order valence-electron chi connectivity index (χ1n) is 10.8. The second-order valence-electron chi connectivity index (χ2n) is 8.47. The summed E-state index contributed by atoms with van der Waals surface area (Å²) >= 11 is 0. The second kappa shape index (κ2) is 10.4. The summed E-state index contributed by atoms with van der Waals surface area (Å²) in [5, 5.41) is 2.35. The molecular formula is C26H30N2O4S. The van der Waals surface area contributed by atoms with E-state index in [0.717, 1.165) is 16.6 Å². The first-order chi connectivity index (χ1) is 15.6. The summed E-state index contributed by atoms with van der Waals surface area (Å²) in [5.41, 5.74) is 5.45. The van der Waals surface area contributed by atoms with Gasteiger partial charge in [0.15, 0.2) is 0 Å². The normalized spacial score (nSPS) is 11.8. The van der Waals surface area contributed by atoms with Gasteiger partial charge in [-0.1, -0.05) is 35.9 Å². The minimum Gasteiger partial charge on any atom is -0.744 e. The van der Waals surface area contributed by atoms with Crippen molar-refractivity contribution in [1.29, 1.82) is 0 Å². The molecule has 0 amide bonds. The van der Waals surface area contributed by atoms with E-state index in [0.29, 0.717) is 6.61 Å². The summed E-state index contributed by atoms with van der Waals surface area (Å²) in [5.74, 6) is 0. The van der Waals surface area contributed by atoms with Crippen LogP contribution in [-0.4, -0.2) is 38.2 Å². The molecule has 7 heteroatoms. The number of quaternary nitrogens is 1. The van der Waals surface area contributed by atoms with Gasteiger partial charge < -0.3 is 14.2 Å². The molecule has 0 aliphatic heterocycles. The number of aryl methyl sites for hydroxylation is 1. The molecule has 6 nitrogen and oxygen atoms in total. The van der Waals surface area contributed by atoms with E-state index in [1.54, 1.807) is 12.1 Å². The minimum atomic E-state index is -4.27. The van der Waals surface area contributed by atoms with Crippen LogP contribution in [0.5, 0.6) is 0 Å². The van der Waals surface area contributed by atoms with Crippen LogP contribution in [0.2, 0.25) is 0 Å². The molecule has 4 rings (SSSR count). The lowest BCUT2D eigenvalue weighted by Gasteiger charge is -2.16. The van der Waals surface area contributed by atoms with Crippen LogP contribution >= 0.6 is 0 Å². The van der Waals surface area contributed by atoms with Crippen molar-refractivity contribution in [2.45, 2.75) is 38.4 Å². The number of para-hydroxylation sites is 1. The van der Waals surface area contributed by atoms with Crippen molar-refractivity contribution in [3.05, 3.63) is 77.9 Å². The zero-order valence-electron chi connectivity index (χ0n) is 19.6. The van der Waals surface area contributed by atoms with Crippen LogP contribution in [0.25, 0.3) is 21.8 Å². The number of aromatic nitrogens is 1. The number of nitrogens with one attached hydrogen (secondary N) is 1. The van der Waals surface area contributed by atoms with Crippen molar-refractivity contribution in [3.63, 3.8) is 0 Å². The summed E-state index contributed by atoms with van der Waals surface area (Å²) in [4.78, 5) is 6.02. The Morgan fingerprint density at radius 2 is 1.64 bits per heavy atom. The maximum atomic E-state index is 10.4. The zero-order chi connectivity index (χ0) is 24.2. The Bertz CT molecular complexity index is 1350. The number of rotatable bonds is 5. The molecule has 0 aliphatic rings. The Kier molecular flexibility index (Phi) is 7.81. The molecule has 174 valence electrons. The molecule has 0 aliphatic carbocycles. The molecule has 0 fully saturated rings. The van der Waals surface area contributed by atoms with Gasteiger partial charge in [-0.2, -0.15) is 0 Å². The number of hydrogen-bond donors (Lipinski definition) is 1. The van der Waals surface area contributed by atoms with Crippen LogP contribution in [0, 0.1) is 6.92 Å². The van der Waals surface area contributed by atoms with Crippen molar-refractivity contribution in [2.75, 3.05) is 14.1 Å². The smallest absolute Gasteiger partial charge is 0.138 e. The van der Waals surface area contributed by atoms with Gasteiger partial charge >= 0.3 is 0 Å². The summed E-state index contributed by atoms with van der Waals surface area (Å²) in [7, 11) is 0.0104. The predicted octanol–water partition coefficient (Wildman–Crippen LogP) is 3.99. The summed E-state index contributed by atoms with van der Waals surface area (Å²) in [6, 6.07) is 20.6. The average molecular weight is 467 g/mol. The van der Waals surface area contributed by atoms with Gasteiger partial charge in [0, 0.05) is 16.8 Å². The molecule has 3 aromatic carbocycles. The number of hydrogen-bond acceptors (Lipinski definition) is 5. The Balaban J connectivity index is 0.000000235. The molecule has 0 bridgehead atoms. The number of pyridine rings is 1. The number of ether oxygens (including phenoxy) is 1. The highest BCUT2D eigenvalue weighted by Crippen LogP contribution is 2.27. The summed E-state index contributed by atoms with van der Waals surface area (Å²) < 4.78 is 37.1. The fraction of sp³-hybridized carbons (Fsp3) is 0.269. The third kappa shape index (κ3) is 6.36. The van der Waals surface area contributed by atoms with Crippen molar-refractivity contribution in [1.82, 2.24) is 4.98 Å². The molecule has 4 aromatic rings. The first-order valence-corrected chi connectivity index (χ1v) is 12.2. The van der Waals surface area contributed by atoms with Gasteiger partial charge in [0.25, 0.3) is 0 Å². The van der Waals surface area contributed by atoms with Crippen LogP contribution in [0.15, 0.2) is 71.6 Å². The van der Waals surface area contributed by atoms with E-state index in [4.69, 9.17) is 9.72 Å². The maximum Gasteiger partial charge on any atom is 0.138 e. The van der Waals surface area contributed by atoms with E-state index in [-0.39, 0.29) is 11.0 Å². The van der Waals surface area contributed by atoms with Gasteiger partial charge in [-0.25, -0.2) is 13.4 Å². The van der Waals surface area contributed by atoms with Crippen LogP contribution in [0.1, 0.15) is 25.0 Å². The van der Waals surface area contributed by atoms with Crippen LogP contribution in [0.3, 0.4) is 0 Å². The van der Waals surface area contributed by atoms with Gasteiger partial charge in [0.05, 0.1) is 48.3 Å². The lowest BCUT2D eigenvalue weighted by Crippen LogP contribution is -3.00. The molecular weight excluding hydrogens is 436 g/mol. The minimum absolute atomic E-state index is 0.178. The highest BCUT2D eigenvalue weighted by atomic mass is 32.2. The monoisotopic (exact) mass is 466 g/mol.